The SMILES string of the molecule is CCOc1ccccc1-n1c(S[C@@H](C(=O)NC(=O)NC)c2ccccc2)nnc1-c1cccnc1. The average molecular weight is 489 g/mol. The molecule has 0 unspecified atom stereocenters. The van der Waals surface area contributed by atoms with Crippen LogP contribution < -0.4 is 15.4 Å². The summed E-state index contributed by atoms with van der Waals surface area (Å²) in [7, 11) is 1.45. The number of carbonyl (C=O) groups excluding carboxylic acids is 2. The molecule has 35 heavy (non-hydrogen) atoms. The van der Waals surface area contributed by atoms with Gasteiger partial charge in [0.15, 0.2) is 11.0 Å². The van der Waals surface area contributed by atoms with E-state index in [1.165, 1.54) is 18.8 Å². The molecule has 2 aromatic heterocycles. The molecule has 0 fully saturated rings. The van der Waals surface area contributed by atoms with E-state index in [1.807, 2.05) is 78.2 Å². The van der Waals surface area contributed by atoms with Crippen molar-refractivity contribution in [3.8, 4) is 22.8 Å². The van der Waals surface area contributed by atoms with E-state index in [2.05, 4.69) is 25.8 Å². The van der Waals surface area contributed by atoms with Crippen LogP contribution in [-0.4, -0.2) is 45.3 Å². The molecule has 0 radical (unpaired) electrons. The summed E-state index contributed by atoms with van der Waals surface area (Å²) in [5.41, 5.74) is 2.19. The van der Waals surface area contributed by atoms with Gasteiger partial charge in [-0.2, -0.15) is 0 Å². The molecular formula is C25H24N6O3S. The molecule has 0 aliphatic heterocycles. The zero-order valence-corrected chi connectivity index (χ0v) is 20.0. The standard InChI is InChI=1S/C25H24N6O3S/c1-3-34-20-14-8-7-13-19(20)31-22(18-12-9-15-27-16-18)29-30-25(31)35-21(17-10-5-4-6-11-17)23(32)28-24(33)26-2/h4-16,21H,3H2,1-2H3,(H2,26,28,32,33)/t21-/m1/s1. The molecule has 0 aliphatic rings. The number of thioether (sulfide) groups is 1. The minimum Gasteiger partial charge on any atom is -0.492 e. The monoisotopic (exact) mass is 488 g/mol. The lowest BCUT2D eigenvalue weighted by Crippen LogP contribution is -2.39. The first-order valence-electron chi connectivity index (χ1n) is 10.9. The number of amides is 3. The van der Waals surface area contributed by atoms with Crippen molar-refractivity contribution in [2.24, 2.45) is 0 Å². The third-order valence-corrected chi connectivity index (χ3v) is 6.18. The highest BCUT2D eigenvalue weighted by atomic mass is 32.2. The van der Waals surface area contributed by atoms with Crippen LogP contribution in [0, 0.1) is 0 Å². The Hall–Kier alpha value is -4.18. The smallest absolute Gasteiger partial charge is 0.321 e. The van der Waals surface area contributed by atoms with Crippen molar-refractivity contribution in [1.82, 2.24) is 30.4 Å². The molecule has 4 aromatic rings. The predicted molar refractivity (Wildman–Crippen MR) is 133 cm³/mol. The van der Waals surface area contributed by atoms with Gasteiger partial charge in [-0.15, -0.1) is 10.2 Å². The molecule has 0 saturated heterocycles. The van der Waals surface area contributed by atoms with E-state index in [0.717, 1.165) is 16.8 Å². The number of nitrogens with one attached hydrogen (secondary N) is 2. The first kappa shape index (κ1) is 24.0. The maximum Gasteiger partial charge on any atom is 0.321 e. The summed E-state index contributed by atoms with van der Waals surface area (Å²) in [6, 6.07) is 19.9. The van der Waals surface area contributed by atoms with Gasteiger partial charge in [0.2, 0.25) is 5.91 Å². The van der Waals surface area contributed by atoms with E-state index >= 15 is 0 Å². The number of rotatable bonds is 8. The summed E-state index contributed by atoms with van der Waals surface area (Å²) in [5.74, 6) is 0.718. The zero-order chi connectivity index (χ0) is 24.6. The maximum absolute atomic E-state index is 13.1. The van der Waals surface area contributed by atoms with Crippen molar-refractivity contribution >= 4 is 23.7 Å². The second kappa shape index (κ2) is 11.3. The zero-order valence-electron chi connectivity index (χ0n) is 19.2. The molecule has 2 N–H and O–H groups in total. The van der Waals surface area contributed by atoms with Crippen LogP contribution in [0.3, 0.4) is 0 Å². The van der Waals surface area contributed by atoms with Crippen molar-refractivity contribution in [2.75, 3.05) is 13.7 Å². The number of imide groups is 1. The van der Waals surface area contributed by atoms with E-state index in [-0.39, 0.29) is 0 Å². The van der Waals surface area contributed by atoms with Crippen LogP contribution >= 0.6 is 11.8 Å². The lowest BCUT2D eigenvalue weighted by Gasteiger charge is -2.18. The Kier molecular flexibility index (Phi) is 7.74. The van der Waals surface area contributed by atoms with Crippen LogP contribution in [0.4, 0.5) is 4.79 Å². The number of urea groups is 1. The van der Waals surface area contributed by atoms with Gasteiger partial charge in [-0.3, -0.25) is 19.7 Å². The van der Waals surface area contributed by atoms with E-state index < -0.39 is 17.2 Å². The van der Waals surface area contributed by atoms with Crippen molar-refractivity contribution in [3.05, 3.63) is 84.7 Å². The minimum absolute atomic E-state index is 0.455. The molecule has 0 spiro atoms. The molecule has 2 heterocycles. The molecule has 2 aromatic carbocycles. The van der Waals surface area contributed by atoms with Gasteiger partial charge >= 0.3 is 6.03 Å². The number of benzene rings is 2. The molecule has 4 rings (SSSR count). The van der Waals surface area contributed by atoms with Crippen molar-refractivity contribution in [1.29, 1.82) is 0 Å². The van der Waals surface area contributed by atoms with Crippen molar-refractivity contribution in [2.45, 2.75) is 17.3 Å². The first-order chi connectivity index (χ1) is 17.1. The molecular weight excluding hydrogens is 464 g/mol. The molecule has 10 heteroatoms. The molecule has 178 valence electrons. The van der Waals surface area contributed by atoms with Crippen LogP contribution in [0.1, 0.15) is 17.7 Å². The fourth-order valence-corrected chi connectivity index (χ4v) is 4.46. The molecule has 0 aliphatic carbocycles. The van der Waals surface area contributed by atoms with Crippen LogP contribution in [0.15, 0.2) is 84.3 Å². The van der Waals surface area contributed by atoms with E-state index in [4.69, 9.17) is 4.74 Å². The van der Waals surface area contributed by atoms with Crippen LogP contribution in [0.5, 0.6) is 5.75 Å². The van der Waals surface area contributed by atoms with E-state index in [9.17, 15) is 9.59 Å². The van der Waals surface area contributed by atoms with Crippen LogP contribution in [-0.2, 0) is 4.79 Å². The molecule has 3 amide bonds. The van der Waals surface area contributed by atoms with Gasteiger partial charge in [0.05, 0.1) is 12.3 Å². The fourth-order valence-electron chi connectivity index (χ4n) is 3.41. The van der Waals surface area contributed by atoms with Gasteiger partial charge in [0, 0.05) is 25.0 Å². The summed E-state index contributed by atoms with van der Waals surface area (Å²) >= 11 is 1.19. The average Bonchev–Trinajstić information content (AvgIpc) is 3.32. The highest BCUT2D eigenvalue weighted by molar-refractivity contribution is 8.00. The Bertz CT molecular complexity index is 1300. The van der Waals surface area contributed by atoms with E-state index in [1.54, 1.807) is 12.4 Å². The number of hydrogen-bond donors (Lipinski definition) is 2. The van der Waals surface area contributed by atoms with Crippen LogP contribution in [0.2, 0.25) is 0 Å². The van der Waals surface area contributed by atoms with Gasteiger partial charge in [-0.05, 0) is 36.8 Å². The Labute approximate surface area is 206 Å². The third kappa shape index (κ3) is 5.49. The normalized spacial score (nSPS) is 11.5. The largest absolute Gasteiger partial charge is 0.492 e. The molecule has 9 nitrogen and oxygen atoms in total. The minimum atomic E-state index is -0.766. The van der Waals surface area contributed by atoms with E-state index in [0.29, 0.717) is 23.3 Å². The number of carbonyl (C=O) groups is 2. The lowest BCUT2D eigenvalue weighted by atomic mass is 10.1. The number of hydrogen-bond acceptors (Lipinski definition) is 7. The summed E-state index contributed by atoms with van der Waals surface area (Å²) in [5, 5.41) is 13.3. The first-order valence-corrected chi connectivity index (χ1v) is 11.8. The van der Waals surface area contributed by atoms with Crippen molar-refractivity contribution < 1.29 is 14.3 Å². The number of pyridine rings is 1. The Morgan fingerprint density at radius 1 is 1.03 bits per heavy atom. The molecule has 0 bridgehead atoms. The van der Waals surface area contributed by atoms with Gasteiger partial charge in [0.1, 0.15) is 11.0 Å². The molecule has 1 atom stereocenters. The van der Waals surface area contributed by atoms with Crippen molar-refractivity contribution in [3.63, 3.8) is 0 Å². The Morgan fingerprint density at radius 3 is 2.51 bits per heavy atom. The van der Waals surface area contributed by atoms with Gasteiger partial charge in [-0.25, -0.2) is 4.79 Å². The quantitative estimate of drug-likeness (QED) is 0.360. The summed E-state index contributed by atoms with van der Waals surface area (Å²) in [4.78, 5) is 29.2. The third-order valence-electron chi connectivity index (χ3n) is 4.99. The highest BCUT2D eigenvalue weighted by Crippen LogP contribution is 2.39. The topological polar surface area (TPSA) is 111 Å². The predicted octanol–water partition coefficient (Wildman–Crippen LogP) is 4.02. The Balaban J connectivity index is 1.84. The lowest BCUT2D eigenvalue weighted by molar-refractivity contribution is -0.119. The Morgan fingerprint density at radius 2 is 1.80 bits per heavy atom. The van der Waals surface area contributed by atoms with Crippen LogP contribution in [0.25, 0.3) is 17.1 Å². The summed E-state index contributed by atoms with van der Waals surface area (Å²) in [6.07, 6.45) is 3.38. The second-order valence-electron chi connectivity index (χ2n) is 7.26. The number of para-hydroxylation sites is 2. The summed E-state index contributed by atoms with van der Waals surface area (Å²) < 4.78 is 7.72. The maximum atomic E-state index is 13.1. The second-order valence-corrected chi connectivity index (χ2v) is 8.33. The van der Waals surface area contributed by atoms with Gasteiger partial charge in [0.25, 0.3) is 0 Å². The van der Waals surface area contributed by atoms with Gasteiger partial charge in [-0.1, -0.05) is 54.2 Å². The number of nitrogens with zero attached hydrogens (tertiary/aromatic N) is 4. The highest BCUT2D eigenvalue weighted by Gasteiger charge is 2.28. The summed E-state index contributed by atoms with van der Waals surface area (Å²) in [6.45, 7) is 2.39. The van der Waals surface area contributed by atoms with Gasteiger partial charge < -0.3 is 10.1 Å². The number of ether oxygens (including phenoxy) is 1. The fraction of sp³-hybridized carbons (Fsp3) is 0.160. The molecule has 0 saturated carbocycles. The number of aromatic nitrogens is 4.